The van der Waals surface area contributed by atoms with E-state index in [9.17, 15) is 9.59 Å². The summed E-state index contributed by atoms with van der Waals surface area (Å²) in [6.45, 7) is 2.14. The van der Waals surface area contributed by atoms with Crippen molar-refractivity contribution in [1.82, 2.24) is 4.90 Å². The number of carboxylic acid groups (broad SMARTS) is 1. The average Bonchev–Trinajstić information content (AvgIpc) is 2.32. The van der Waals surface area contributed by atoms with Crippen LogP contribution >= 0.6 is 0 Å². The van der Waals surface area contributed by atoms with Gasteiger partial charge in [-0.2, -0.15) is 0 Å². The first-order valence-corrected chi connectivity index (χ1v) is 3.57. The zero-order chi connectivity index (χ0) is 8.48. The number of amides is 1. The first kappa shape index (κ1) is 8.04. The van der Waals surface area contributed by atoms with Gasteiger partial charge in [-0.1, -0.05) is 0 Å². The minimum Gasteiger partial charge on any atom is -0.480 e. The Kier molecular flexibility index (Phi) is 1.85. The first-order valence-electron chi connectivity index (χ1n) is 3.57. The van der Waals surface area contributed by atoms with Gasteiger partial charge in [0.05, 0.1) is 0 Å². The highest BCUT2D eigenvalue weighted by Gasteiger charge is 2.42. The van der Waals surface area contributed by atoms with Crippen LogP contribution in [0.3, 0.4) is 0 Å². The maximum atomic E-state index is 10.7. The van der Waals surface area contributed by atoms with Crippen LogP contribution in [-0.4, -0.2) is 34.5 Å². The molecular weight excluding hydrogens is 146 g/mol. The number of hydrogen-bond donors (Lipinski definition) is 1. The molecule has 4 heteroatoms. The molecule has 0 saturated carbocycles. The lowest BCUT2D eigenvalue weighted by molar-refractivity contribution is -0.151. The quantitative estimate of drug-likeness (QED) is 0.577. The van der Waals surface area contributed by atoms with Crippen LogP contribution in [0.25, 0.3) is 0 Å². The fourth-order valence-corrected chi connectivity index (χ4v) is 1.38. The molecular formula is C7H11NO3. The van der Waals surface area contributed by atoms with Crippen molar-refractivity contribution < 1.29 is 14.7 Å². The fourth-order valence-electron chi connectivity index (χ4n) is 1.38. The van der Waals surface area contributed by atoms with Crippen molar-refractivity contribution >= 4 is 12.4 Å². The Morgan fingerprint density at radius 1 is 1.73 bits per heavy atom. The van der Waals surface area contributed by atoms with Crippen LogP contribution in [0.1, 0.15) is 19.8 Å². The van der Waals surface area contributed by atoms with E-state index in [4.69, 9.17) is 5.11 Å². The third-order valence-electron chi connectivity index (χ3n) is 2.28. The monoisotopic (exact) mass is 157 g/mol. The summed E-state index contributed by atoms with van der Waals surface area (Å²) < 4.78 is 0. The van der Waals surface area contributed by atoms with E-state index < -0.39 is 11.5 Å². The third kappa shape index (κ3) is 1.08. The Morgan fingerprint density at radius 3 is 2.73 bits per heavy atom. The zero-order valence-corrected chi connectivity index (χ0v) is 6.41. The van der Waals surface area contributed by atoms with Gasteiger partial charge in [0.15, 0.2) is 0 Å². The van der Waals surface area contributed by atoms with Crippen LogP contribution in [0, 0.1) is 0 Å². The molecule has 0 unspecified atom stereocenters. The summed E-state index contributed by atoms with van der Waals surface area (Å²) in [6, 6.07) is 0. The molecule has 0 aromatic rings. The second kappa shape index (κ2) is 2.53. The molecule has 1 N–H and O–H groups in total. The van der Waals surface area contributed by atoms with Crippen LogP contribution in [0.4, 0.5) is 0 Å². The van der Waals surface area contributed by atoms with E-state index in [1.807, 2.05) is 0 Å². The summed E-state index contributed by atoms with van der Waals surface area (Å²) in [5.74, 6) is -0.915. The van der Waals surface area contributed by atoms with Crippen molar-refractivity contribution in [3.05, 3.63) is 0 Å². The summed E-state index contributed by atoms with van der Waals surface area (Å²) in [7, 11) is 0. The average molecular weight is 157 g/mol. The number of likely N-dealkylation sites (tertiary alicyclic amines) is 1. The molecule has 0 aromatic carbocycles. The maximum absolute atomic E-state index is 10.7. The predicted molar refractivity (Wildman–Crippen MR) is 38.0 cm³/mol. The molecule has 1 fully saturated rings. The number of carbonyl (C=O) groups excluding carboxylic acids is 1. The van der Waals surface area contributed by atoms with Gasteiger partial charge in [0.25, 0.3) is 0 Å². The SMILES string of the molecule is C[C@@]1(C(=O)O)CCCN1C=O. The van der Waals surface area contributed by atoms with Crippen molar-refractivity contribution in [3.8, 4) is 0 Å². The van der Waals surface area contributed by atoms with Gasteiger partial charge >= 0.3 is 5.97 Å². The molecule has 1 aliphatic heterocycles. The van der Waals surface area contributed by atoms with Crippen LogP contribution in [0.2, 0.25) is 0 Å². The van der Waals surface area contributed by atoms with Gasteiger partial charge in [-0.15, -0.1) is 0 Å². The summed E-state index contributed by atoms with van der Waals surface area (Å²) in [5, 5.41) is 8.77. The van der Waals surface area contributed by atoms with Gasteiger partial charge in [-0.05, 0) is 19.8 Å². The minimum atomic E-state index is -0.957. The van der Waals surface area contributed by atoms with E-state index in [0.717, 1.165) is 6.42 Å². The molecule has 0 aliphatic carbocycles. The molecule has 1 aliphatic rings. The molecule has 1 heterocycles. The predicted octanol–water partition coefficient (Wildman–Crippen LogP) is 0.0819. The molecule has 0 spiro atoms. The summed E-state index contributed by atoms with van der Waals surface area (Å²) in [6.07, 6.45) is 1.95. The molecule has 11 heavy (non-hydrogen) atoms. The fraction of sp³-hybridized carbons (Fsp3) is 0.714. The Morgan fingerprint density at radius 2 is 2.36 bits per heavy atom. The number of aliphatic carboxylic acids is 1. The molecule has 1 atom stereocenters. The van der Waals surface area contributed by atoms with E-state index in [1.165, 1.54) is 4.90 Å². The number of nitrogens with zero attached hydrogens (tertiary/aromatic N) is 1. The molecule has 0 radical (unpaired) electrons. The highest BCUT2D eigenvalue weighted by Crippen LogP contribution is 2.27. The maximum Gasteiger partial charge on any atom is 0.329 e. The largest absolute Gasteiger partial charge is 0.480 e. The van der Waals surface area contributed by atoms with Crippen molar-refractivity contribution in [2.45, 2.75) is 25.3 Å². The second-order valence-corrected chi connectivity index (χ2v) is 2.98. The second-order valence-electron chi connectivity index (χ2n) is 2.98. The van der Waals surface area contributed by atoms with Gasteiger partial charge in [-0.25, -0.2) is 4.79 Å². The Labute approximate surface area is 64.8 Å². The number of carboxylic acids is 1. The number of carbonyl (C=O) groups is 2. The number of hydrogen-bond acceptors (Lipinski definition) is 2. The molecule has 1 amide bonds. The summed E-state index contributed by atoms with van der Waals surface area (Å²) in [4.78, 5) is 22.4. The van der Waals surface area contributed by atoms with Gasteiger partial charge in [0.1, 0.15) is 5.54 Å². The van der Waals surface area contributed by atoms with Crippen molar-refractivity contribution in [3.63, 3.8) is 0 Å². The lowest BCUT2D eigenvalue weighted by Crippen LogP contribution is -2.47. The lowest BCUT2D eigenvalue weighted by Gasteiger charge is -2.27. The van der Waals surface area contributed by atoms with E-state index in [1.54, 1.807) is 6.92 Å². The van der Waals surface area contributed by atoms with Crippen LogP contribution < -0.4 is 0 Å². The third-order valence-corrected chi connectivity index (χ3v) is 2.28. The van der Waals surface area contributed by atoms with Crippen LogP contribution in [-0.2, 0) is 9.59 Å². The lowest BCUT2D eigenvalue weighted by atomic mass is 10.00. The number of rotatable bonds is 2. The van der Waals surface area contributed by atoms with Gasteiger partial charge in [0.2, 0.25) is 6.41 Å². The standard InChI is InChI=1S/C7H11NO3/c1-7(6(10)11)3-2-4-8(7)5-9/h5H,2-4H2,1H3,(H,10,11)/t7-/m0/s1. The van der Waals surface area contributed by atoms with Crippen molar-refractivity contribution in [2.24, 2.45) is 0 Å². The van der Waals surface area contributed by atoms with Crippen LogP contribution in [0.15, 0.2) is 0 Å². The Hall–Kier alpha value is -1.06. The zero-order valence-electron chi connectivity index (χ0n) is 6.41. The highest BCUT2D eigenvalue weighted by molar-refractivity contribution is 5.81. The van der Waals surface area contributed by atoms with Crippen LogP contribution in [0.5, 0.6) is 0 Å². The van der Waals surface area contributed by atoms with E-state index >= 15 is 0 Å². The van der Waals surface area contributed by atoms with Crippen molar-refractivity contribution in [2.75, 3.05) is 6.54 Å². The van der Waals surface area contributed by atoms with Gasteiger partial charge in [0, 0.05) is 6.54 Å². The summed E-state index contributed by atoms with van der Waals surface area (Å²) in [5.41, 5.74) is -0.957. The smallest absolute Gasteiger partial charge is 0.329 e. The Bertz CT molecular complexity index is 192. The van der Waals surface area contributed by atoms with Crippen molar-refractivity contribution in [1.29, 1.82) is 0 Å². The van der Waals surface area contributed by atoms with E-state index in [2.05, 4.69) is 0 Å². The molecule has 4 nitrogen and oxygen atoms in total. The Balaban J connectivity index is 2.83. The molecule has 62 valence electrons. The first-order chi connectivity index (χ1) is 5.11. The van der Waals surface area contributed by atoms with E-state index in [0.29, 0.717) is 19.4 Å². The minimum absolute atomic E-state index is 0.557. The normalized spacial score (nSPS) is 30.5. The molecule has 1 saturated heterocycles. The van der Waals surface area contributed by atoms with Gasteiger partial charge < -0.3 is 10.0 Å². The topological polar surface area (TPSA) is 57.6 Å². The molecule has 1 rings (SSSR count). The van der Waals surface area contributed by atoms with Gasteiger partial charge in [-0.3, -0.25) is 4.79 Å². The summed E-state index contributed by atoms with van der Waals surface area (Å²) >= 11 is 0. The molecule has 0 bridgehead atoms. The van der Waals surface area contributed by atoms with E-state index in [-0.39, 0.29) is 0 Å². The highest BCUT2D eigenvalue weighted by atomic mass is 16.4. The molecule has 0 aromatic heterocycles.